The molecule has 0 unspecified atom stereocenters. The van der Waals surface area contributed by atoms with Crippen molar-refractivity contribution in [1.82, 2.24) is 9.13 Å². The van der Waals surface area contributed by atoms with Crippen molar-refractivity contribution in [2.75, 3.05) is 0 Å². The fourth-order valence-electron chi connectivity index (χ4n) is 2.09. The summed E-state index contributed by atoms with van der Waals surface area (Å²) in [6.45, 7) is 4.73. The summed E-state index contributed by atoms with van der Waals surface area (Å²) < 4.78 is 2.68. The number of aromatic nitrogens is 2. The number of aromatic hydroxyl groups is 1. The van der Waals surface area contributed by atoms with E-state index in [0.29, 0.717) is 23.4 Å². The first-order valence-electron chi connectivity index (χ1n) is 6.34. The van der Waals surface area contributed by atoms with Crippen LogP contribution in [0.15, 0.2) is 27.8 Å². The highest BCUT2D eigenvalue weighted by atomic mass is 16.3. The standard InChI is InChI=1S/C14H18N2O3/c1-9(2)6-7-16-12-5-4-10(17)8-11(12)13(18)15(3)14(16)19/h4-5,8-9,17H,6-7H2,1-3H3. The van der Waals surface area contributed by atoms with E-state index in [1.165, 1.54) is 19.2 Å². The number of benzene rings is 1. The third-order valence-electron chi connectivity index (χ3n) is 3.25. The van der Waals surface area contributed by atoms with Crippen LogP contribution in [0.4, 0.5) is 0 Å². The van der Waals surface area contributed by atoms with Crippen LogP contribution in [0.1, 0.15) is 20.3 Å². The molecule has 0 bridgehead atoms. The van der Waals surface area contributed by atoms with Gasteiger partial charge in [0.25, 0.3) is 5.56 Å². The first kappa shape index (κ1) is 13.4. The van der Waals surface area contributed by atoms with E-state index in [-0.39, 0.29) is 17.0 Å². The van der Waals surface area contributed by atoms with Crippen molar-refractivity contribution in [2.45, 2.75) is 26.8 Å². The summed E-state index contributed by atoms with van der Waals surface area (Å²) in [7, 11) is 1.46. The number of phenols is 1. The summed E-state index contributed by atoms with van der Waals surface area (Å²) in [6.07, 6.45) is 0.855. The van der Waals surface area contributed by atoms with Gasteiger partial charge in [0, 0.05) is 13.6 Å². The van der Waals surface area contributed by atoms with Gasteiger partial charge in [-0.2, -0.15) is 0 Å². The van der Waals surface area contributed by atoms with Gasteiger partial charge in [0.05, 0.1) is 10.9 Å². The molecule has 1 aromatic carbocycles. The van der Waals surface area contributed by atoms with Crippen molar-refractivity contribution >= 4 is 10.9 Å². The first-order chi connectivity index (χ1) is 8.91. The van der Waals surface area contributed by atoms with Crippen LogP contribution >= 0.6 is 0 Å². The highest BCUT2D eigenvalue weighted by Crippen LogP contribution is 2.16. The molecule has 2 aromatic rings. The second-order valence-corrected chi connectivity index (χ2v) is 5.18. The zero-order chi connectivity index (χ0) is 14.2. The van der Waals surface area contributed by atoms with Crippen LogP contribution in [-0.4, -0.2) is 14.2 Å². The Kier molecular flexibility index (Phi) is 3.46. The monoisotopic (exact) mass is 262 g/mol. The molecule has 0 fully saturated rings. The molecule has 0 amide bonds. The van der Waals surface area contributed by atoms with E-state index >= 15 is 0 Å². The van der Waals surface area contributed by atoms with E-state index in [4.69, 9.17) is 0 Å². The maximum absolute atomic E-state index is 12.2. The van der Waals surface area contributed by atoms with Gasteiger partial charge in [0.2, 0.25) is 0 Å². The lowest BCUT2D eigenvalue weighted by Crippen LogP contribution is -2.38. The molecule has 5 heteroatoms. The molecule has 0 atom stereocenters. The van der Waals surface area contributed by atoms with Gasteiger partial charge in [-0.15, -0.1) is 0 Å². The van der Waals surface area contributed by atoms with Crippen LogP contribution in [-0.2, 0) is 13.6 Å². The smallest absolute Gasteiger partial charge is 0.331 e. The van der Waals surface area contributed by atoms with E-state index in [9.17, 15) is 14.7 Å². The number of rotatable bonds is 3. The van der Waals surface area contributed by atoms with Crippen LogP contribution in [0.5, 0.6) is 5.75 Å². The molecule has 0 spiro atoms. The van der Waals surface area contributed by atoms with Crippen LogP contribution in [0.3, 0.4) is 0 Å². The minimum atomic E-state index is -0.378. The number of fused-ring (bicyclic) bond motifs is 1. The molecular formula is C14H18N2O3. The Bertz CT molecular complexity index is 726. The Morgan fingerprint density at radius 2 is 1.95 bits per heavy atom. The molecular weight excluding hydrogens is 244 g/mol. The summed E-state index contributed by atoms with van der Waals surface area (Å²) in [5.74, 6) is 0.495. The molecule has 1 heterocycles. The molecule has 19 heavy (non-hydrogen) atoms. The molecule has 1 aromatic heterocycles. The minimum absolute atomic E-state index is 0.0265. The largest absolute Gasteiger partial charge is 0.508 e. The fraction of sp³-hybridized carbons (Fsp3) is 0.429. The van der Waals surface area contributed by atoms with E-state index in [2.05, 4.69) is 13.8 Å². The van der Waals surface area contributed by atoms with Gasteiger partial charge in [-0.1, -0.05) is 13.8 Å². The summed E-state index contributed by atoms with van der Waals surface area (Å²) in [6, 6.07) is 4.52. The van der Waals surface area contributed by atoms with Gasteiger partial charge < -0.3 is 5.11 Å². The molecule has 0 radical (unpaired) electrons. The second kappa shape index (κ2) is 4.91. The predicted molar refractivity (Wildman–Crippen MR) is 74.6 cm³/mol. The van der Waals surface area contributed by atoms with Crippen molar-refractivity contribution in [2.24, 2.45) is 13.0 Å². The average molecular weight is 262 g/mol. The Balaban J connectivity index is 2.75. The number of aryl methyl sites for hydroxylation is 1. The fourth-order valence-corrected chi connectivity index (χ4v) is 2.09. The van der Waals surface area contributed by atoms with Gasteiger partial charge >= 0.3 is 5.69 Å². The van der Waals surface area contributed by atoms with E-state index in [1.807, 2.05) is 0 Å². The topological polar surface area (TPSA) is 64.2 Å². The van der Waals surface area contributed by atoms with Crippen LogP contribution in [0, 0.1) is 5.92 Å². The van der Waals surface area contributed by atoms with Crippen molar-refractivity contribution in [3.63, 3.8) is 0 Å². The van der Waals surface area contributed by atoms with Gasteiger partial charge in [0.1, 0.15) is 5.75 Å². The van der Waals surface area contributed by atoms with Crippen molar-refractivity contribution in [1.29, 1.82) is 0 Å². The number of nitrogens with zero attached hydrogens (tertiary/aromatic N) is 2. The highest BCUT2D eigenvalue weighted by molar-refractivity contribution is 5.79. The van der Waals surface area contributed by atoms with E-state index in [0.717, 1.165) is 11.0 Å². The molecule has 102 valence electrons. The molecule has 5 nitrogen and oxygen atoms in total. The molecule has 1 N–H and O–H groups in total. The average Bonchev–Trinajstić information content (AvgIpc) is 2.36. The number of hydrogen-bond acceptors (Lipinski definition) is 3. The zero-order valence-electron chi connectivity index (χ0n) is 11.4. The zero-order valence-corrected chi connectivity index (χ0v) is 11.4. The number of phenolic OH excluding ortho intramolecular Hbond substituents is 1. The summed E-state index contributed by atoms with van der Waals surface area (Å²) in [4.78, 5) is 24.2. The molecule has 0 saturated heterocycles. The Hall–Kier alpha value is -2.04. The SMILES string of the molecule is CC(C)CCn1c(=O)n(C)c(=O)c2cc(O)ccc21. The highest BCUT2D eigenvalue weighted by Gasteiger charge is 2.11. The van der Waals surface area contributed by atoms with Gasteiger partial charge in [0.15, 0.2) is 0 Å². The quantitative estimate of drug-likeness (QED) is 0.910. The van der Waals surface area contributed by atoms with Gasteiger partial charge in [-0.25, -0.2) is 4.79 Å². The van der Waals surface area contributed by atoms with Crippen molar-refractivity contribution in [3.8, 4) is 5.75 Å². The first-order valence-corrected chi connectivity index (χ1v) is 6.34. The maximum atomic E-state index is 12.2. The van der Waals surface area contributed by atoms with Crippen LogP contribution in [0.2, 0.25) is 0 Å². The Morgan fingerprint density at radius 1 is 1.26 bits per heavy atom. The van der Waals surface area contributed by atoms with E-state index < -0.39 is 0 Å². The molecule has 0 aliphatic heterocycles. The van der Waals surface area contributed by atoms with Crippen molar-refractivity contribution in [3.05, 3.63) is 39.0 Å². The minimum Gasteiger partial charge on any atom is -0.508 e. The van der Waals surface area contributed by atoms with Gasteiger partial charge in [-0.3, -0.25) is 13.9 Å². The lowest BCUT2D eigenvalue weighted by molar-refractivity contribution is 0.475. The Labute approximate surface area is 110 Å². The maximum Gasteiger partial charge on any atom is 0.331 e. The van der Waals surface area contributed by atoms with Crippen LogP contribution < -0.4 is 11.2 Å². The third-order valence-corrected chi connectivity index (χ3v) is 3.25. The lowest BCUT2D eigenvalue weighted by atomic mass is 10.1. The summed E-state index contributed by atoms with van der Waals surface area (Å²) >= 11 is 0. The molecule has 0 saturated carbocycles. The summed E-state index contributed by atoms with van der Waals surface area (Å²) in [5, 5.41) is 9.85. The van der Waals surface area contributed by atoms with Gasteiger partial charge in [-0.05, 0) is 30.5 Å². The second-order valence-electron chi connectivity index (χ2n) is 5.18. The van der Waals surface area contributed by atoms with Crippen LogP contribution in [0.25, 0.3) is 10.9 Å². The predicted octanol–water partition coefficient (Wildman–Crippen LogP) is 1.45. The molecule has 2 rings (SSSR count). The third kappa shape index (κ3) is 2.41. The normalized spacial score (nSPS) is 11.4. The van der Waals surface area contributed by atoms with E-state index in [1.54, 1.807) is 10.6 Å². The molecule has 0 aliphatic rings. The lowest BCUT2D eigenvalue weighted by Gasteiger charge is -2.13. The number of hydrogen-bond donors (Lipinski definition) is 1. The Morgan fingerprint density at radius 3 is 2.58 bits per heavy atom. The summed E-state index contributed by atoms with van der Waals surface area (Å²) in [5.41, 5.74) is -0.118. The molecule has 0 aliphatic carbocycles. The van der Waals surface area contributed by atoms with Crippen molar-refractivity contribution < 1.29 is 5.11 Å².